The summed E-state index contributed by atoms with van der Waals surface area (Å²) >= 11 is 3.52. The van der Waals surface area contributed by atoms with Crippen molar-refractivity contribution in [3.63, 3.8) is 0 Å². The summed E-state index contributed by atoms with van der Waals surface area (Å²) in [7, 11) is 0. The number of fused-ring (bicyclic) bond motifs is 8. The van der Waals surface area contributed by atoms with E-state index >= 15 is 0 Å². The van der Waals surface area contributed by atoms with E-state index in [4.69, 9.17) is 9.97 Å². The molecule has 0 spiro atoms. The first-order valence-corrected chi connectivity index (χ1v) is 48.0. The summed E-state index contributed by atoms with van der Waals surface area (Å²) in [5.41, 5.74) is 36.5. The van der Waals surface area contributed by atoms with Crippen LogP contribution in [0.1, 0.15) is 116 Å². The van der Waals surface area contributed by atoms with Gasteiger partial charge in [0.2, 0.25) is 0 Å². The molecule has 0 bridgehead atoms. The second-order valence-electron chi connectivity index (χ2n) is 40.0. The number of aromatic nitrogens is 2. The summed E-state index contributed by atoms with van der Waals surface area (Å²) in [5, 5.41) is 17.1. The van der Waals surface area contributed by atoms with Crippen LogP contribution in [0.15, 0.2) is 388 Å². The predicted molar refractivity (Wildman–Crippen MR) is 574 cm³/mol. The van der Waals surface area contributed by atoms with E-state index < -0.39 is 0 Å². The Labute approximate surface area is 784 Å². The average molecular weight is 1740 g/mol. The first kappa shape index (κ1) is 84.6. The molecule has 0 radical (unpaired) electrons. The van der Waals surface area contributed by atoms with Crippen molar-refractivity contribution in [1.82, 2.24) is 9.97 Å². The Hall–Kier alpha value is -14.3. The van der Waals surface area contributed by atoms with Gasteiger partial charge in [0.1, 0.15) is 10.0 Å². The first-order chi connectivity index (χ1) is 63.8. The molecule has 0 fully saturated rings. The molecule has 22 aromatic rings. The van der Waals surface area contributed by atoms with Crippen LogP contribution in [0.25, 0.3) is 217 Å². The third kappa shape index (κ3) is 15.7. The Morgan fingerprint density at radius 2 is 0.379 bits per heavy atom. The van der Waals surface area contributed by atoms with Crippen molar-refractivity contribution in [1.29, 1.82) is 0 Å². The molecule has 2 heterocycles. The normalized spacial score (nSPS) is 12.2. The Morgan fingerprint density at radius 3 is 0.652 bits per heavy atom. The Bertz CT molecular complexity index is 7690. The Morgan fingerprint density at radius 1 is 0.174 bits per heavy atom. The van der Waals surface area contributed by atoms with E-state index in [9.17, 15) is 0 Å². The number of benzene rings is 20. The summed E-state index contributed by atoms with van der Waals surface area (Å²) in [4.78, 5) is 10.1. The van der Waals surface area contributed by atoms with Crippen molar-refractivity contribution < 1.29 is 0 Å². The lowest BCUT2D eigenvalue weighted by Crippen LogP contribution is -2.11. The fraction of sp³-hybridized carbons (Fsp3) is 0.141. The van der Waals surface area contributed by atoms with E-state index in [0.29, 0.717) is 0 Å². The van der Waals surface area contributed by atoms with Crippen LogP contribution in [-0.2, 0) is 21.7 Å². The molecule has 0 aliphatic carbocycles. The van der Waals surface area contributed by atoms with Crippen molar-refractivity contribution in [2.24, 2.45) is 0 Å². The summed E-state index contributed by atoms with van der Waals surface area (Å²) < 4.78 is 2.43. The van der Waals surface area contributed by atoms with E-state index in [0.717, 1.165) is 32.2 Å². The lowest BCUT2D eigenvalue weighted by Gasteiger charge is -2.28. The van der Waals surface area contributed by atoms with Crippen LogP contribution in [0.4, 0.5) is 0 Å². The molecule has 0 aliphatic rings. The van der Waals surface area contributed by atoms with Gasteiger partial charge in [-0.3, -0.25) is 0 Å². The second-order valence-corrected chi connectivity index (χ2v) is 42.1. The molecule has 0 aliphatic heterocycles. The van der Waals surface area contributed by atoms with E-state index in [1.54, 1.807) is 22.7 Å². The summed E-state index contributed by atoms with van der Waals surface area (Å²) in [5.74, 6) is 0. The third-order valence-corrected chi connectivity index (χ3v) is 29.1. The van der Waals surface area contributed by atoms with Crippen molar-refractivity contribution >= 4 is 108 Å². The molecular formula is C128H106N2S2. The number of nitrogens with zero attached hydrogens (tertiary/aromatic N) is 2. The number of hydrogen-bond donors (Lipinski definition) is 0. The monoisotopic (exact) mass is 1730 g/mol. The van der Waals surface area contributed by atoms with Gasteiger partial charge < -0.3 is 0 Å². The molecule has 132 heavy (non-hydrogen) atoms. The zero-order chi connectivity index (χ0) is 90.6. The number of hydrogen-bond acceptors (Lipinski definition) is 4. The molecule has 0 saturated heterocycles. The van der Waals surface area contributed by atoms with Gasteiger partial charge in [0, 0.05) is 11.1 Å². The van der Waals surface area contributed by atoms with E-state index in [1.165, 1.54) is 219 Å². The van der Waals surface area contributed by atoms with Crippen LogP contribution >= 0.6 is 22.7 Å². The SMILES string of the molecule is CC(C)(C)c1ccc(-c2c3ccc(C(C)(C)C)cc3c(-c3ccc(-c4ccccc4)cc3)c3c(-c4ccc(C(C)(C)C)cc4)c4ccc(C(C)(C)C)cc4c(-c4ccc(-c5ccccc5)cc4)c23)cc1.Cc1ccc2nc(-c3ccc(-c4c5ccccc5c(-c5ccc(-c6nc7ccc(C)cc7s6)cc5)c5c(-c6ccccc6)c6ccccc6c(-c6ccccc6)c45)cc3)sc2c1. The molecule has 20 aromatic carbocycles. The third-order valence-electron chi connectivity index (χ3n) is 27.0. The zero-order valence-electron chi connectivity index (χ0n) is 77.7. The average Bonchev–Trinajstić information content (AvgIpc) is 0.800. The largest absolute Gasteiger partial charge is 0.236 e. The van der Waals surface area contributed by atoms with Crippen LogP contribution in [0, 0.1) is 13.8 Å². The highest BCUT2D eigenvalue weighted by Gasteiger charge is 2.32. The molecule has 0 saturated carbocycles. The fourth-order valence-corrected chi connectivity index (χ4v) is 22.1. The van der Waals surface area contributed by atoms with Gasteiger partial charge in [-0.05, 0) is 281 Å². The molecular weight excluding hydrogens is 1630 g/mol. The molecule has 0 atom stereocenters. The maximum atomic E-state index is 5.06. The maximum Gasteiger partial charge on any atom is 0.124 e. The minimum absolute atomic E-state index is 0.0116. The highest BCUT2D eigenvalue weighted by molar-refractivity contribution is 7.22. The van der Waals surface area contributed by atoms with Crippen LogP contribution in [-0.4, -0.2) is 9.97 Å². The van der Waals surface area contributed by atoms with Crippen molar-refractivity contribution in [2.75, 3.05) is 0 Å². The fourth-order valence-electron chi connectivity index (χ4n) is 20.0. The van der Waals surface area contributed by atoms with Crippen LogP contribution in [0.3, 0.4) is 0 Å². The molecule has 0 N–H and O–H groups in total. The number of rotatable bonds is 12. The number of aryl methyl sites for hydroxylation is 2. The zero-order valence-corrected chi connectivity index (χ0v) is 79.3. The van der Waals surface area contributed by atoms with Gasteiger partial charge in [0.15, 0.2) is 0 Å². The highest BCUT2D eigenvalue weighted by atomic mass is 32.1. The minimum atomic E-state index is -0.0733. The van der Waals surface area contributed by atoms with Gasteiger partial charge in [-0.25, -0.2) is 9.97 Å². The van der Waals surface area contributed by atoms with Gasteiger partial charge in [0.25, 0.3) is 0 Å². The molecule has 0 amide bonds. The standard InChI is InChI=1S/C70H68.C58H38N2S2/c1-67(2,3)53-35-31-51(32-36-53)61-57-41-39-55(69(7,8)9)43-59(57)64(50-29-25-48(26-30-50)46-21-17-14-18-22-46)66-62(52-33-37-54(38-34-52)68(4,5)6)58-42-40-56(70(10,11)12)44-60(58)63(65(61)66)49-27-23-47(24-28-49)45-19-15-13-16-20-45;1-35-21-31-47-49(33-35)61-57(59-47)41-27-23-39(24-28-41)53-45-19-11-12-20-46(45)54(40-25-29-42(30-26-40)58-60-48-32-22-36(2)34-50(48)62-58)56-52(38-15-7-4-8-16-38)44-18-10-9-17-43(44)51(55(53)56)37-13-5-3-6-14-37/h13-44H,1-12H3;3-34H,1-2H3. The molecule has 0 unspecified atom stereocenters. The van der Waals surface area contributed by atoms with Crippen molar-refractivity contribution in [3.05, 3.63) is 422 Å². The van der Waals surface area contributed by atoms with E-state index in [1.807, 2.05) is 0 Å². The molecule has 640 valence electrons. The van der Waals surface area contributed by atoms with Gasteiger partial charge >= 0.3 is 0 Å². The predicted octanol–water partition coefficient (Wildman–Crippen LogP) is 37.3. The van der Waals surface area contributed by atoms with Gasteiger partial charge in [0.05, 0.1) is 20.4 Å². The molecule has 4 heteroatoms. The smallest absolute Gasteiger partial charge is 0.124 e. The van der Waals surface area contributed by atoms with Crippen molar-refractivity contribution in [3.8, 4) is 132 Å². The lowest BCUT2D eigenvalue weighted by atomic mass is 9.75. The van der Waals surface area contributed by atoms with Crippen LogP contribution in [0.5, 0.6) is 0 Å². The van der Waals surface area contributed by atoms with Crippen molar-refractivity contribution in [2.45, 2.75) is 119 Å². The Balaban J connectivity index is 0.000000160. The second kappa shape index (κ2) is 33.6. The van der Waals surface area contributed by atoms with Gasteiger partial charge in [-0.15, -0.1) is 22.7 Å². The quantitative estimate of drug-likeness (QED) is 0.114. The minimum Gasteiger partial charge on any atom is -0.236 e. The van der Waals surface area contributed by atoms with Crippen LogP contribution in [0.2, 0.25) is 0 Å². The topological polar surface area (TPSA) is 25.8 Å². The molecule has 22 rings (SSSR count). The maximum absolute atomic E-state index is 5.06. The molecule has 2 aromatic heterocycles. The van der Waals surface area contributed by atoms with E-state index in [2.05, 4.69) is 485 Å². The van der Waals surface area contributed by atoms with E-state index in [-0.39, 0.29) is 21.7 Å². The summed E-state index contributed by atoms with van der Waals surface area (Å²) in [6, 6.07) is 146. The first-order valence-electron chi connectivity index (χ1n) is 46.4. The highest BCUT2D eigenvalue weighted by Crippen LogP contribution is 2.58. The van der Waals surface area contributed by atoms with Gasteiger partial charge in [-0.1, -0.05) is 435 Å². The van der Waals surface area contributed by atoms with Crippen LogP contribution < -0.4 is 0 Å². The molecule has 2 nitrogen and oxygen atoms in total. The van der Waals surface area contributed by atoms with Gasteiger partial charge in [-0.2, -0.15) is 0 Å². The lowest BCUT2D eigenvalue weighted by molar-refractivity contribution is 0.590. The number of thiazole rings is 2. The summed E-state index contributed by atoms with van der Waals surface area (Å²) in [6.45, 7) is 32.2. The summed E-state index contributed by atoms with van der Waals surface area (Å²) in [6.07, 6.45) is 0. The Kier molecular flexibility index (Phi) is 21.5.